The van der Waals surface area contributed by atoms with E-state index in [1.807, 2.05) is 0 Å². The van der Waals surface area contributed by atoms with E-state index in [4.69, 9.17) is 9.47 Å². The number of halogens is 3. The van der Waals surface area contributed by atoms with Crippen molar-refractivity contribution in [1.29, 1.82) is 0 Å². The lowest BCUT2D eigenvalue weighted by atomic mass is 10.3. The molecule has 0 bridgehead atoms. The number of nitrogens with one attached hydrogen (secondary N) is 3. The third-order valence-electron chi connectivity index (χ3n) is 3.41. The standard InChI is InChI=1S/C17H22F3N4O6PS/c1-4-28-14(25)8-21-31(27,22-9-15(26)29-10(2)3)24-16-23-12-6-5-11(7-13(12)32-16)30-17(18,19)20/h5-7,10H,4,8-9H2,1-3H3,(H3,21,22,23,24,27). The Labute approximate surface area is 185 Å². The van der Waals surface area contributed by atoms with Crippen molar-refractivity contribution in [3.63, 3.8) is 0 Å². The van der Waals surface area contributed by atoms with Crippen LogP contribution < -0.4 is 20.0 Å². The lowest BCUT2D eigenvalue weighted by Crippen LogP contribution is -2.35. The molecule has 0 aliphatic heterocycles. The monoisotopic (exact) mass is 498 g/mol. The van der Waals surface area contributed by atoms with Crippen LogP contribution in [0.5, 0.6) is 5.75 Å². The first-order valence-corrected chi connectivity index (χ1v) is 11.8. The van der Waals surface area contributed by atoms with E-state index < -0.39 is 44.7 Å². The van der Waals surface area contributed by atoms with Crippen molar-refractivity contribution in [3.05, 3.63) is 18.2 Å². The van der Waals surface area contributed by atoms with Crippen LogP contribution in [-0.2, 0) is 23.6 Å². The second-order valence-electron chi connectivity index (χ2n) is 6.43. The molecule has 1 unspecified atom stereocenters. The van der Waals surface area contributed by atoms with Gasteiger partial charge in [0.1, 0.15) is 18.8 Å². The molecule has 1 heterocycles. The molecule has 0 aliphatic carbocycles. The van der Waals surface area contributed by atoms with Crippen molar-refractivity contribution in [1.82, 2.24) is 15.2 Å². The summed E-state index contributed by atoms with van der Waals surface area (Å²) in [7, 11) is -3.83. The number of hydrogen-bond donors (Lipinski definition) is 3. The van der Waals surface area contributed by atoms with Crippen molar-refractivity contribution >= 4 is 46.2 Å². The van der Waals surface area contributed by atoms with Crippen LogP contribution in [0.4, 0.5) is 18.3 Å². The zero-order chi connectivity index (χ0) is 23.9. The van der Waals surface area contributed by atoms with Gasteiger partial charge in [0, 0.05) is 6.07 Å². The first-order valence-electron chi connectivity index (χ1n) is 9.29. The number of esters is 2. The number of thiazole rings is 1. The number of rotatable bonds is 11. The van der Waals surface area contributed by atoms with Crippen LogP contribution in [-0.4, -0.2) is 49.1 Å². The molecular weight excluding hydrogens is 476 g/mol. The van der Waals surface area contributed by atoms with Gasteiger partial charge in [-0.3, -0.25) is 19.2 Å². The minimum absolute atomic E-state index is 0.0635. The maximum atomic E-state index is 13.3. The molecule has 1 atom stereocenters. The zero-order valence-corrected chi connectivity index (χ0v) is 19.0. The van der Waals surface area contributed by atoms with Crippen molar-refractivity contribution < 1.29 is 41.5 Å². The van der Waals surface area contributed by atoms with Crippen LogP contribution >= 0.6 is 18.9 Å². The van der Waals surface area contributed by atoms with Crippen LogP contribution in [0.1, 0.15) is 20.8 Å². The molecule has 1 aromatic heterocycles. The van der Waals surface area contributed by atoms with E-state index in [0.29, 0.717) is 10.2 Å². The lowest BCUT2D eigenvalue weighted by Gasteiger charge is -2.20. The third-order valence-corrected chi connectivity index (χ3v) is 6.23. The fraction of sp³-hybridized carbons (Fsp3) is 0.471. The molecule has 0 spiro atoms. The summed E-state index contributed by atoms with van der Waals surface area (Å²) >= 11 is 0.900. The minimum Gasteiger partial charge on any atom is -0.465 e. The molecule has 1 aromatic carbocycles. The van der Waals surface area contributed by atoms with Crippen molar-refractivity contribution in [2.75, 3.05) is 24.8 Å². The van der Waals surface area contributed by atoms with E-state index in [9.17, 15) is 27.3 Å². The van der Waals surface area contributed by atoms with Crippen LogP contribution in [0.2, 0.25) is 0 Å². The van der Waals surface area contributed by atoms with E-state index in [2.05, 4.69) is 25.0 Å². The number of carbonyl (C=O) groups is 2. The molecule has 0 saturated heterocycles. The van der Waals surface area contributed by atoms with Gasteiger partial charge in [-0.2, -0.15) is 0 Å². The van der Waals surface area contributed by atoms with Crippen LogP contribution in [0, 0.1) is 0 Å². The average Bonchev–Trinajstić information content (AvgIpc) is 3.04. The van der Waals surface area contributed by atoms with Gasteiger partial charge in [0.2, 0.25) is 0 Å². The molecule has 10 nitrogen and oxygen atoms in total. The molecule has 15 heteroatoms. The number of alkyl halides is 3. The normalized spacial score (nSPS) is 13.6. The molecular formula is C17H22F3N4O6PS. The first-order chi connectivity index (χ1) is 14.9. The summed E-state index contributed by atoms with van der Waals surface area (Å²) in [5.74, 6) is -1.80. The van der Waals surface area contributed by atoms with Gasteiger partial charge in [-0.15, -0.1) is 13.2 Å². The van der Waals surface area contributed by atoms with E-state index in [-0.39, 0.29) is 17.8 Å². The summed E-state index contributed by atoms with van der Waals surface area (Å²) < 4.78 is 64.5. The van der Waals surface area contributed by atoms with Gasteiger partial charge in [0.25, 0.3) is 0 Å². The smallest absolute Gasteiger partial charge is 0.465 e. The van der Waals surface area contributed by atoms with Crippen molar-refractivity contribution in [2.24, 2.45) is 0 Å². The van der Waals surface area contributed by atoms with Gasteiger partial charge in [0.15, 0.2) is 5.13 Å². The quantitative estimate of drug-likeness (QED) is 0.313. The Kier molecular flexibility index (Phi) is 8.84. The van der Waals surface area contributed by atoms with Gasteiger partial charge in [-0.05, 0) is 32.9 Å². The predicted octanol–water partition coefficient (Wildman–Crippen LogP) is 3.41. The highest BCUT2D eigenvalue weighted by atomic mass is 32.1. The second kappa shape index (κ2) is 10.9. The number of hydrogen-bond acceptors (Lipinski definition) is 8. The zero-order valence-electron chi connectivity index (χ0n) is 17.3. The molecule has 2 aromatic rings. The lowest BCUT2D eigenvalue weighted by molar-refractivity contribution is -0.274. The Morgan fingerprint density at radius 3 is 2.44 bits per heavy atom. The molecule has 32 heavy (non-hydrogen) atoms. The maximum Gasteiger partial charge on any atom is 0.573 e. The molecule has 0 fully saturated rings. The summed E-state index contributed by atoms with van der Waals surface area (Å²) in [5, 5.41) is 7.59. The summed E-state index contributed by atoms with van der Waals surface area (Å²) in [6.07, 6.45) is -5.23. The number of nitrogens with zero attached hydrogens (tertiary/aromatic N) is 1. The Morgan fingerprint density at radius 1 is 1.19 bits per heavy atom. The van der Waals surface area contributed by atoms with E-state index in [0.717, 1.165) is 23.5 Å². The van der Waals surface area contributed by atoms with Gasteiger partial charge in [-0.1, -0.05) is 11.3 Å². The van der Waals surface area contributed by atoms with Crippen molar-refractivity contribution in [2.45, 2.75) is 33.2 Å². The molecule has 2 rings (SSSR count). The molecule has 0 radical (unpaired) electrons. The van der Waals surface area contributed by atoms with Gasteiger partial charge >= 0.3 is 25.9 Å². The number of ether oxygens (including phenoxy) is 3. The number of fused-ring (bicyclic) bond motifs is 1. The predicted molar refractivity (Wildman–Crippen MR) is 111 cm³/mol. The fourth-order valence-corrected chi connectivity index (χ4v) is 4.89. The third kappa shape index (κ3) is 8.61. The molecule has 3 N–H and O–H groups in total. The number of carbonyl (C=O) groups excluding carboxylic acids is 2. The Bertz CT molecular complexity index is 1000. The highest BCUT2D eigenvalue weighted by molar-refractivity contribution is 7.62. The second-order valence-corrected chi connectivity index (χ2v) is 9.54. The Balaban J connectivity index is 2.19. The average molecular weight is 498 g/mol. The summed E-state index contributed by atoms with van der Waals surface area (Å²) in [5.41, 5.74) is 0.322. The van der Waals surface area contributed by atoms with E-state index in [1.165, 1.54) is 6.07 Å². The van der Waals surface area contributed by atoms with Gasteiger partial charge < -0.3 is 14.2 Å². The number of anilines is 1. The van der Waals surface area contributed by atoms with Crippen LogP contribution in [0.3, 0.4) is 0 Å². The van der Waals surface area contributed by atoms with Gasteiger partial charge in [0.05, 0.1) is 22.9 Å². The molecule has 0 aliphatic rings. The molecule has 0 saturated carbocycles. The first kappa shape index (κ1) is 25.8. The summed E-state index contributed by atoms with van der Waals surface area (Å²) in [4.78, 5) is 27.6. The minimum atomic E-state index is -4.85. The highest BCUT2D eigenvalue weighted by Gasteiger charge is 2.31. The van der Waals surface area contributed by atoms with Gasteiger partial charge in [-0.25, -0.2) is 15.2 Å². The van der Waals surface area contributed by atoms with Crippen LogP contribution in [0.25, 0.3) is 10.2 Å². The summed E-state index contributed by atoms with van der Waals surface area (Å²) in [6, 6.07) is 3.54. The largest absolute Gasteiger partial charge is 0.573 e. The maximum absolute atomic E-state index is 13.3. The fourth-order valence-electron chi connectivity index (χ4n) is 2.29. The highest BCUT2D eigenvalue weighted by Crippen LogP contribution is 2.40. The number of aromatic nitrogens is 1. The Morgan fingerprint density at radius 2 is 1.84 bits per heavy atom. The Hall–Kier alpha value is -2.41. The molecule has 0 amide bonds. The molecule has 178 valence electrons. The van der Waals surface area contributed by atoms with E-state index >= 15 is 0 Å². The summed E-state index contributed by atoms with van der Waals surface area (Å²) in [6.45, 7) is 4.12. The van der Waals surface area contributed by atoms with Crippen molar-refractivity contribution in [3.8, 4) is 5.75 Å². The topological polar surface area (TPSA) is 128 Å². The number of benzene rings is 1. The SMILES string of the molecule is CCOC(=O)CNP(=O)(NCC(=O)OC(C)C)Nc1nc2ccc(OC(F)(F)F)cc2s1. The van der Waals surface area contributed by atoms with Crippen LogP contribution in [0.15, 0.2) is 18.2 Å². The van der Waals surface area contributed by atoms with E-state index in [1.54, 1.807) is 20.8 Å².